The van der Waals surface area contributed by atoms with Crippen LogP contribution in [-0.4, -0.2) is 37.9 Å². The second kappa shape index (κ2) is 4.74. The van der Waals surface area contributed by atoms with Crippen molar-refractivity contribution in [3.63, 3.8) is 0 Å². The van der Waals surface area contributed by atoms with E-state index in [1.807, 2.05) is 6.92 Å². The maximum absolute atomic E-state index is 13.8. The fourth-order valence-electron chi connectivity index (χ4n) is 7.79. The number of carbonyl (C=O) groups is 3. The molecular weight excluding hydrogens is 332 g/mol. The molecule has 0 unspecified atom stereocenters. The summed E-state index contributed by atoms with van der Waals surface area (Å²) in [5.74, 6) is -1.45. The van der Waals surface area contributed by atoms with E-state index in [-0.39, 0.29) is 29.3 Å². The van der Waals surface area contributed by atoms with Crippen LogP contribution in [0.5, 0.6) is 0 Å². The van der Waals surface area contributed by atoms with Crippen molar-refractivity contribution < 1.29 is 23.9 Å². The Kier molecular flexibility index (Phi) is 3.06. The molecule has 0 aromatic heterocycles. The molecule has 0 radical (unpaired) electrons. The number of rotatable bonds is 3. The largest absolute Gasteiger partial charge is 0.347 e. The molecule has 7 rings (SSSR count). The molecule has 6 fully saturated rings. The molecule has 6 saturated carbocycles. The van der Waals surface area contributed by atoms with Gasteiger partial charge in [0.05, 0.1) is 10.8 Å². The van der Waals surface area contributed by atoms with E-state index in [4.69, 9.17) is 9.47 Å². The van der Waals surface area contributed by atoms with Crippen LogP contribution < -0.4 is 0 Å². The molecule has 0 aliphatic heterocycles. The first-order chi connectivity index (χ1) is 12.4. The third kappa shape index (κ3) is 1.35. The van der Waals surface area contributed by atoms with Crippen LogP contribution in [0.2, 0.25) is 0 Å². The molecule has 0 N–H and O–H groups in total. The minimum atomic E-state index is -1.21. The molecule has 140 valence electrons. The third-order valence-corrected chi connectivity index (χ3v) is 8.95. The van der Waals surface area contributed by atoms with E-state index < -0.39 is 22.0 Å². The van der Waals surface area contributed by atoms with Gasteiger partial charge in [-0.3, -0.25) is 9.59 Å². The summed E-state index contributed by atoms with van der Waals surface area (Å²) in [5.41, 5.74) is -0.946. The second-order valence-electron chi connectivity index (χ2n) is 9.22. The van der Waals surface area contributed by atoms with Crippen molar-refractivity contribution in [1.29, 1.82) is 0 Å². The Labute approximate surface area is 153 Å². The lowest BCUT2D eigenvalue weighted by atomic mass is 9.30. The van der Waals surface area contributed by atoms with Crippen molar-refractivity contribution in [3.8, 4) is 0 Å². The molecule has 6 atom stereocenters. The van der Waals surface area contributed by atoms with E-state index in [1.165, 1.54) is 14.2 Å². The lowest BCUT2D eigenvalue weighted by Crippen LogP contribution is -2.78. The van der Waals surface area contributed by atoms with Gasteiger partial charge < -0.3 is 14.3 Å². The van der Waals surface area contributed by atoms with E-state index in [9.17, 15) is 14.4 Å². The van der Waals surface area contributed by atoms with Crippen LogP contribution in [-0.2, 0) is 23.9 Å². The van der Waals surface area contributed by atoms with Gasteiger partial charge in [0.15, 0.2) is 5.78 Å². The zero-order valence-electron chi connectivity index (χ0n) is 15.7. The highest BCUT2D eigenvalue weighted by Gasteiger charge is 2.81. The molecule has 0 aromatic carbocycles. The fourth-order valence-corrected chi connectivity index (χ4v) is 7.79. The molecule has 7 aliphatic rings. The van der Waals surface area contributed by atoms with E-state index in [0.717, 1.165) is 31.1 Å². The summed E-state index contributed by atoms with van der Waals surface area (Å²) >= 11 is 0. The summed E-state index contributed by atoms with van der Waals surface area (Å²) in [5, 5.41) is 0. The molecule has 5 heteroatoms. The zero-order valence-corrected chi connectivity index (χ0v) is 15.7. The van der Waals surface area contributed by atoms with Crippen molar-refractivity contribution >= 4 is 17.9 Å². The van der Waals surface area contributed by atoms with E-state index in [1.54, 1.807) is 0 Å². The number of ether oxygens (including phenoxy) is 2. The molecule has 5 bridgehead atoms. The zero-order chi connectivity index (χ0) is 18.5. The summed E-state index contributed by atoms with van der Waals surface area (Å²) in [6.45, 7) is 1.96. The van der Waals surface area contributed by atoms with Crippen molar-refractivity contribution in [2.75, 3.05) is 14.2 Å². The van der Waals surface area contributed by atoms with Gasteiger partial charge in [-0.15, -0.1) is 0 Å². The molecule has 7 aliphatic carbocycles. The Balaban J connectivity index is 1.75. The number of allylic oxidation sites excluding steroid dienone is 2. The predicted octanol–water partition coefficient (Wildman–Crippen LogP) is 2.48. The Morgan fingerprint density at radius 1 is 1.08 bits per heavy atom. The van der Waals surface area contributed by atoms with Crippen LogP contribution in [0.4, 0.5) is 0 Å². The first kappa shape index (κ1) is 16.8. The van der Waals surface area contributed by atoms with Crippen LogP contribution in [0.25, 0.3) is 0 Å². The minimum absolute atomic E-state index is 0.0339. The number of aldehydes is 1. The Bertz CT molecular complexity index is 764. The van der Waals surface area contributed by atoms with Crippen molar-refractivity contribution in [1.82, 2.24) is 0 Å². The normalized spacial score (nSPS) is 50.4. The highest BCUT2D eigenvalue weighted by Crippen LogP contribution is 2.77. The first-order valence-electron chi connectivity index (χ1n) is 9.74. The van der Waals surface area contributed by atoms with Gasteiger partial charge in [-0.2, -0.15) is 0 Å². The Morgan fingerprint density at radius 2 is 1.77 bits per heavy atom. The van der Waals surface area contributed by atoms with Crippen LogP contribution >= 0.6 is 0 Å². The lowest BCUT2D eigenvalue weighted by Gasteiger charge is -2.72. The number of Topliss-reactive ketones (excluding diaryl/α,β-unsaturated/α-hetero) is 2. The number of hydrogen-bond acceptors (Lipinski definition) is 5. The number of hydrogen-bond donors (Lipinski definition) is 0. The van der Waals surface area contributed by atoms with Crippen LogP contribution in [0.1, 0.15) is 45.4 Å². The minimum Gasteiger partial charge on any atom is -0.347 e. The average Bonchev–Trinajstić information content (AvgIpc) is 2.67. The predicted molar refractivity (Wildman–Crippen MR) is 92.1 cm³/mol. The lowest BCUT2D eigenvalue weighted by molar-refractivity contribution is -0.286. The smallest absolute Gasteiger partial charge is 0.231 e. The highest BCUT2D eigenvalue weighted by molar-refractivity contribution is 6.07. The highest BCUT2D eigenvalue weighted by atomic mass is 16.7. The van der Waals surface area contributed by atoms with Crippen molar-refractivity contribution in [2.45, 2.75) is 51.2 Å². The third-order valence-electron chi connectivity index (χ3n) is 8.95. The number of methoxy groups -OCH3 is 2. The average molecular weight is 358 g/mol. The first-order valence-corrected chi connectivity index (χ1v) is 9.74. The standard InChI is InChI=1S/C21H26O5/c1-18(11-22)6-4-5-13-14-9-12-10-15-16(23)20(13,18)8-7-19(14,15)17(24)21(12,25-2)26-3/h5,11-12,14-15H,4,6-10H2,1-3H3/t12-,14-,15+,18-,19-,20+/m0/s1. The van der Waals surface area contributed by atoms with Gasteiger partial charge in [-0.05, 0) is 44.4 Å². The maximum Gasteiger partial charge on any atom is 0.231 e. The second-order valence-corrected chi connectivity index (χ2v) is 9.22. The molecular formula is C21H26O5. The summed E-state index contributed by atoms with van der Waals surface area (Å²) in [7, 11) is 3.07. The topological polar surface area (TPSA) is 69.7 Å². The van der Waals surface area contributed by atoms with Gasteiger partial charge in [0.2, 0.25) is 5.79 Å². The summed E-state index contributed by atoms with van der Waals surface area (Å²) in [4.78, 5) is 39.6. The van der Waals surface area contributed by atoms with Gasteiger partial charge in [-0.25, -0.2) is 0 Å². The van der Waals surface area contributed by atoms with E-state index in [0.29, 0.717) is 19.3 Å². The number of carbonyl (C=O) groups excluding carboxylic acids is 3. The monoisotopic (exact) mass is 358 g/mol. The molecule has 0 heterocycles. The Hall–Kier alpha value is -1.33. The Morgan fingerprint density at radius 3 is 2.42 bits per heavy atom. The van der Waals surface area contributed by atoms with Gasteiger partial charge >= 0.3 is 0 Å². The number of fused-ring (bicyclic) bond motifs is 2. The summed E-state index contributed by atoms with van der Waals surface area (Å²) < 4.78 is 11.3. The SMILES string of the molecule is COC1(OC)C(=O)[C@]23CC[C@]45C(=O)[C@H]2C[C@@H]1C[C@H]3C4=CCC[C@@]5(C)C=O. The van der Waals surface area contributed by atoms with Gasteiger partial charge in [0.25, 0.3) is 0 Å². The molecule has 2 spiro atoms. The molecule has 5 nitrogen and oxygen atoms in total. The maximum atomic E-state index is 13.8. The van der Waals surface area contributed by atoms with Crippen molar-refractivity contribution in [2.24, 2.45) is 34.0 Å². The van der Waals surface area contributed by atoms with Crippen molar-refractivity contribution in [3.05, 3.63) is 11.6 Å². The van der Waals surface area contributed by atoms with Crippen LogP contribution in [0.3, 0.4) is 0 Å². The molecule has 0 aromatic rings. The quantitative estimate of drug-likeness (QED) is 0.440. The molecule has 0 saturated heterocycles. The van der Waals surface area contributed by atoms with E-state index >= 15 is 0 Å². The fraction of sp³-hybridized carbons (Fsp3) is 0.762. The van der Waals surface area contributed by atoms with Gasteiger partial charge in [0, 0.05) is 31.5 Å². The summed E-state index contributed by atoms with van der Waals surface area (Å²) in [6, 6.07) is 0. The molecule has 26 heavy (non-hydrogen) atoms. The van der Waals surface area contributed by atoms with E-state index in [2.05, 4.69) is 6.08 Å². The molecule has 0 amide bonds. The van der Waals surface area contributed by atoms with Gasteiger partial charge in [0.1, 0.15) is 12.1 Å². The number of ketones is 2. The summed E-state index contributed by atoms with van der Waals surface area (Å²) in [6.07, 6.45) is 7.41. The van der Waals surface area contributed by atoms with Crippen LogP contribution in [0.15, 0.2) is 11.6 Å². The van der Waals surface area contributed by atoms with Gasteiger partial charge in [-0.1, -0.05) is 18.6 Å². The van der Waals surface area contributed by atoms with Crippen LogP contribution in [0, 0.1) is 34.0 Å².